The molecular weight excluding hydrogens is 373 g/mol. The predicted octanol–water partition coefficient (Wildman–Crippen LogP) is 2.96. The van der Waals surface area contributed by atoms with Crippen molar-refractivity contribution >= 4 is 17.6 Å². The lowest BCUT2D eigenvalue weighted by Crippen LogP contribution is -2.31. The smallest absolute Gasteiger partial charge is 0.270 e. The molecule has 0 aliphatic heterocycles. The first-order chi connectivity index (χ1) is 13.8. The van der Waals surface area contributed by atoms with Gasteiger partial charge in [-0.25, -0.2) is 14.1 Å². The van der Waals surface area contributed by atoms with Crippen molar-refractivity contribution in [2.24, 2.45) is 5.92 Å². The fourth-order valence-electron chi connectivity index (χ4n) is 2.72. The Morgan fingerprint density at radius 2 is 1.97 bits per heavy atom. The highest BCUT2D eigenvalue weighted by molar-refractivity contribution is 5.95. The van der Waals surface area contributed by atoms with Crippen molar-refractivity contribution in [1.29, 1.82) is 0 Å². The minimum Gasteiger partial charge on any atom is -0.347 e. The van der Waals surface area contributed by atoms with E-state index in [4.69, 9.17) is 0 Å². The largest absolute Gasteiger partial charge is 0.347 e. The van der Waals surface area contributed by atoms with Gasteiger partial charge in [0.15, 0.2) is 0 Å². The van der Waals surface area contributed by atoms with Crippen molar-refractivity contribution < 1.29 is 14.0 Å². The Morgan fingerprint density at radius 3 is 2.69 bits per heavy atom. The normalized spacial score (nSPS) is 10.8. The first-order valence-electron chi connectivity index (χ1n) is 9.17. The molecule has 2 heterocycles. The number of halogens is 1. The molecule has 0 saturated heterocycles. The average molecular weight is 395 g/mol. The van der Waals surface area contributed by atoms with Crippen molar-refractivity contribution in [3.05, 3.63) is 71.9 Å². The van der Waals surface area contributed by atoms with E-state index in [0.717, 1.165) is 5.56 Å². The number of pyridine rings is 1. The minimum atomic E-state index is -0.365. The second-order valence-corrected chi connectivity index (χ2v) is 6.89. The zero-order valence-corrected chi connectivity index (χ0v) is 16.5. The summed E-state index contributed by atoms with van der Waals surface area (Å²) in [5.74, 6) is -0.556. The summed E-state index contributed by atoms with van der Waals surface area (Å²) in [5, 5.41) is 6.97. The molecule has 0 bridgehead atoms. The van der Waals surface area contributed by atoms with Crippen LogP contribution in [0.3, 0.4) is 0 Å². The van der Waals surface area contributed by atoms with E-state index in [-0.39, 0.29) is 35.8 Å². The Balaban J connectivity index is 1.66. The number of aromatic nitrogens is 3. The van der Waals surface area contributed by atoms with Crippen LogP contribution in [-0.4, -0.2) is 33.6 Å². The van der Waals surface area contributed by atoms with Crippen molar-refractivity contribution in [3.8, 4) is 5.69 Å². The molecular formula is C21H22FN5O2. The third kappa shape index (κ3) is 4.84. The lowest BCUT2D eigenvalue weighted by Gasteiger charge is -2.18. The van der Waals surface area contributed by atoms with Gasteiger partial charge in [-0.2, -0.15) is 5.10 Å². The molecule has 3 aromatic rings. The number of amides is 2. The van der Waals surface area contributed by atoms with E-state index >= 15 is 0 Å². The second-order valence-electron chi connectivity index (χ2n) is 6.89. The average Bonchev–Trinajstić information content (AvgIpc) is 3.20. The molecule has 7 nitrogen and oxygen atoms in total. The highest BCUT2D eigenvalue weighted by Gasteiger charge is 2.17. The highest BCUT2D eigenvalue weighted by atomic mass is 19.1. The van der Waals surface area contributed by atoms with E-state index in [1.807, 2.05) is 0 Å². The Hall–Kier alpha value is -3.55. The second kappa shape index (κ2) is 8.64. The van der Waals surface area contributed by atoms with Crippen LogP contribution in [0.2, 0.25) is 0 Å². The maximum absolute atomic E-state index is 13.4. The topological polar surface area (TPSA) is 80.1 Å². The van der Waals surface area contributed by atoms with E-state index in [9.17, 15) is 14.0 Å². The molecule has 0 aliphatic rings. The van der Waals surface area contributed by atoms with Crippen LogP contribution >= 0.6 is 0 Å². The standard InChI is InChI=1S/C21H22FN5O2/c1-14(2)21(29)26(3)19-9-5-8-18(25-19)20(28)23-11-15-12-24-27(13-15)17-7-4-6-16(22)10-17/h4-10,12-14H,11H2,1-3H3,(H,23,28). The molecule has 0 radical (unpaired) electrons. The Bertz CT molecular complexity index is 1030. The molecule has 1 N–H and O–H groups in total. The molecule has 29 heavy (non-hydrogen) atoms. The van der Waals surface area contributed by atoms with Crippen LogP contribution in [-0.2, 0) is 11.3 Å². The van der Waals surface area contributed by atoms with E-state index in [2.05, 4.69) is 15.4 Å². The SMILES string of the molecule is CC(C)C(=O)N(C)c1cccc(C(=O)NCc2cnn(-c3cccc(F)c3)c2)n1. The quantitative estimate of drug-likeness (QED) is 0.696. The molecule has 1 aromatic carbocycles. The van der Waals surface area contributed by atoms with E-state index in [1.165, 1.54) is 21.7 Å². The summed E-state index contributed by atoms with van der Waals surface area (Å²) in [4.78, 5) is 30.3. The predicted molar refractivity (Wildman–Crippen MR) is 107 cm³/mol. The fourth-order valence-corrected chi connectivity index (χ4v) is 2.72. The van der Waals surface area contributed by atoms with Gasteiger partial charge in [0.25, 0.3) is 5.91 Å². The Labute approximate surface area is 168 Å². The van der Waals surface area contributed by atoms with Crippen LogP contribution in [0.1, 0.15) is 29.9 Å². The highest BCUT2D eigenvalue weighted by Crippen LogP contribution is 2.13. The first kappa shape index (κ1) is 20.2. The van der Waals surface area contributed by atoms with E-state index < -0.39 is 0 Å². The van der Waals surface area contributed by atoms with Crippen LogP contribution in [0.5, 0.6) is 0 Å². The van der Waals surface area contributed by atoms with Crippen LogP contribution in [0.15, 0.2) is 54.9 Å². The fraction of sp³-hybridized carbons (Fsp3) is 0.238. The molecule has 2 amide bonds. The van der Waals surface area contributed by atoms with E-state index in [1.54, 1.807) is 63.6 Å². The Kier molecular flexibility index (Phi) is 6.01. The molecule has 0 saturated carbocycles. The number of hydrogen-bond acceptors (Lipinski definition) is 4. The summed E-state index contributed by atoms with van der Waals surface area (Å²) >= 11 is 0. The first-order valence-corrected chi connectivity index (χ1v) is 9.17. The molecule has 2 aromatic heterocycles. The van der Waals surface area contributed by atoms with Crippen molar-refractivity contribution in [2.75, 3.05) is 11.9 Å². The number of nitrogens with zero attached hydrogens (tertiary/aromatic N) is 4. The van der Waals surface area contributed by atoms with Gasteiger partial charge in [-0.3, -0.25) is 14.5 Å². The van der Waals surface area contributed by atoms with Gasteiger partial charge in [0.1, 0.15) is 17.3 Å². The van der Waals surface area contributed by atoms with Crippen molar-refractivity contribution in [2.45, 2.75) is 20.4 Å². The Morgan fingerprint density at radius 1 is 1.21 bits per heavy atom. The number of hydrogen-bond donors (Lipinski definition) is 1. The van der Waals surface area contributed by atoms with Crippen LogP contribution in [0, 0.1) is 11.7 Å². The summed E-state index contributed by atoms with van der Waals surface area (Å²) in [5.41, 5.74) is 1.56. The van der Waals surface area contributed by atoms with Crippen molar-refractivity contribution in [3.63, 3.8) is 0 Å². The molecule has 150 valence electrons. The number of carbonyl (C=O) groups excluding carboxylic acids is 2. The maximum atomic E-state index is 13.4. The van der Waals surface area contributed by atoms with Gasteiger partial charge in [0.2, 0.25) is 5.91 Å². The number of anilines is 1. The van der Waals surface area contributed by atoms with E-state index in [0.29, 0.717) is 11.5 Å². The summed E-state index contributed by atoms with van der Waals surface area (Å²) in [6, 6.07) is 11.0. The third-order valence-electron chi connectivity index (χ3n) is 4.30. The van der Waals surface area contributed by atoms with Gasteiger partial charge in [-0.1, -0.05) is 26.0 Å². The summed E-state index contributed by atoms with van der Waals surface area (Å²) < 4.78 is 14.9. The monoisotopic (exact) mass is 395 g/mol. The van der Waals surface area contributed by atoms with Crippen LogP contribution in [0.25, 0.3) is 5.69 Å². The lowest BCUT2D eigenvalue weighted by atomic mass is 10.2. The van der Waals surface area contributed by atoms with Gasteiger partial charge in [0.05, 0.1) is 11.9 Å². The van der Waals surface area contributed by atoms with Crippen molar-refractivity contribution in [1.82, 2.24) is 20.1 Å². The van der Waals surface area contributed by atoms with Crippen LogP contribution in [0.4, 0.5) is 10.2 Å². The molecule has 0 atom stereocenters. The minimum absolute atomic E-state index is 0.0835. The third-order valence-corrected chi connectivity index (χ3v) is 4.30. The summed E-state index contributed by atoms with van der Waals surface area (Å²) in [7, 11) is 1.63. The zero-order chi connectivity index (χ0) is 21.0. The molecule has 0 unspecified atom stereocenters. The molecule has 3 rings (SSSR count). The number of carbonyl (C=O) groups is 2. The lowest BCUT2D eigenvalue weighted by molar-refractivity contribution is -0.121. The molecule has 8 heteroatoms. The number of rotatable bonds is 6. The van der Waals surface area contributed by atoms with Gasteiger partial charge >= 0.3 is 0 Å². The molecule has 0 spiro atoms. The van der Waals surface area contributed by atoms with Gasteiger partial charge in [0, 0.05) is 31.3 Å². The van der Waals surface area contributed by atoms with Crippen LogP contribution < -0.4 is 10.2 Å². The number of benzene rings is 1. The van der Waals surface area contributed by atoms with Gasteiger partial charge < -0.3 is 5.32 Å². The maximum Gasteiger partial charge on any atom is 0.270 e. The summed E-state index contributed by atoms with van der Waals surface area (Å²) in [6.45, 7) is 3.85. The van der Waals surface area contributed by atoms with Gasteiger partial charge in [-0.15, -0.1) is 0 Å². The zero-order valence-electron chi connectivity index (χ0n) is 16.5. The summed E-state index contributed by atoms with van der Waals surface area (Å²) in [6.07, 6.45) is 3.32. The molecule has 0 aliphatic carbocycles. The molecule has 0 fully saturated rings. The van der Waals surface area contributed by atoms with Gasteiger partial charge in [-0.05, 0) is 30.3 Å². The number of nitrogens with one attached hydrogen (secondary N) is 1.